The number of carbonyl (C=O) groups excluding carboxylic acids is 3. The summed E-state index contributed by atoms with van der Waals surface area (Å²) < 4.78 is 13.7. The fourth-order valence-electron chi connectivity index (χ4n) is 6.43. The van der Waals surface area contributed by atoms with Crippen LogP contribution >= 0.6 is 47.0 Å². The summed E-state index contributed by atoms with van der Waals surface area (Å²) in [5, 5.41) is 22.7. The molecule has 3 heterocycles. The number of benzene rings is 5. The molecule has 0 spiro atoms. The Morgan fingerprint density at radius 1 is 0.644 bits per heavy atom. The maximum absolute atomic E-state index is 14.6. The van der Waals surface area contributed by atoms with Crippen molar-refractivity contribution in [2.75, 3.05) is 0 Å². The van der Waals surface area contributed by atoms with Crippen LogP contribution in [0, 0.1) is 22.7 Å². The van der Waals surface area contributed by atoms with Gasteiger partial charge in [-0.05, 0) is 46.0 Å². The zero-order valence-electron chi connectivity index (χ0n) is 31.0. The van der Waals surface area contributed by atoms with Gasteiger partial charge in [-0.2, -0.15) is 10.5 Å². The second kappa shape index (κ2) is 17.2. The van der Waals surface area contributed by atoms with Gasteiger partial charge in [0.25, 0.3) is 11.8 Å². The van der Waals surface area contributed by atoms with Gasteiger partial charge in [0.15, 0.2) is 5.75 Å². The van der Waals surface area contributed by atoms with E-state index in [9.17, 15) is 24.9 Å². The number of ether oxygens (including phenoxy) is 2. The quantitative estimate of drug-likeness (QED) is 0.0415. The molecule has 0 aliphatic carbocycles. The van der Waals surface area contributed by atoms with E-state index in [0.29, 0.717) is 33.8 Å². The molecule has 0 bridgehead atoms. The molecule has 13 heteroatoms. The van der Waals surface area contributed by atoms with Gasteiger partial charge in [-0.25, -0.2) is 14.8 Å². The average molecular weight is 847 g/mol. The van der Waals surface area contributed by atoms with E-state index in [1.165, 1.54) is 33.5 Å². The minimum atomic E-state index is -0.653. The van der Waals surface area contributed by atoms with Crippen molar-refractivity contribution in [2.24, 2.45) is 0 Å². The van der Waals surface area contributed by atoms with Crippen molar-refractivity contribution in [3.8, 4) is 23.6 Å². The van der Waals surface area contributed by atoms with E-state index in [1.54, 1.807) is 30.4 Å². The second-order valence-corrected chi connectivity index (χ2v) is 17.7. The summed E-state index contributed by atoms with van der Waals surface area (Å²) >= 11 is 4.65. The normalized spacial score (nSPS) is 14.1. The Bertz CT molecular complexity index is 2660. The monoisotopic (exact) mass is 846 g/mol. The highest BCUT2D eigenvalue weighted by Crippen LogP contribution is 2.68. The zero-order valence-corrected chi connectivity index (χ0v) is 34.3. The number of nitrogens with zero attached hydrogens (tertiary/aromatic N) is 4. The van der Waals surface area contributed by atoms with Crippen LogP contribution in [0.15, 0.2) is 162 Å². The lowest BCUT2D eigenvalue weighted by atomic mass is 10.1. The summed E-state index contributed by atoms with van der Waals surface area (Å²) in [6.45, 7) is 8.16. The molecule has 1 saturated heterocycles. The van der Waals surface area contributed by atoms with Crippen LogP contribution in [0.5, 0.6) is 11.5 Å². The predicted octanol–water partition coefficient (Wildman–Crippen LogP) is 10.6. The number of hydrazine groups is 1. The van der Waals surface area contributed by atoms with Crippen LogP contribution < -0.4 is 9.47 Å². The number of allylic oxidation sites excluding steroid dienone is 1. The molecule has 1 fully saturated rings. The molecule has 8 rings (SSSR count). The van der Waals surface area contributed by atoms with Crippen LogP contribution in [0.1, 0.15) is 38.2 Å². The third-order valence-corrected chi connectivity index (χ3v) is 14.5. The molecule has 5 aromatic carbocycles. The molecule has 0 unspecified atom stereocenters. The first-order chi connectivity index (χ1) is 28.8. The molecule has 59 heavy (non-hydrogen) atoms. The van der Waals surface area contributed by atoms with Gasteiger partial charge in [-0.1, -0.05) is 163 Å². The van der Waals surface area contributed by atoms with Crippen molar-refractivity contribution in [1.29, 1.82) is 10.5 Å². The van der Waals surface area contributed by atoms with Gasteiger partial charge in [-0.3, -0.25) is 9.59 Å². The lowest BCUT2D eigenvalue weighted by Crippen LogP contribution is -2.39. The van der Waals surface area contributed by atoms with Crippen molar-refractivity contribution >= 4 is 77.0 Å². The summed E-state index contributed by atoms with van der Waals surface area (Å²) in [6, 6.07) is 37.4. The number of hydrogen-bond acceptors (Lipinski definition) is 11. The van der Waals surface area contributed by atoms with Crippen LogP contribution in [0.2, 0.25) is 0 Å². The molecule has 2 amide bonds. The first-order valence-corrected chi connectivity index (χ1v) is 21.3. The van der Waals surface area contributed by atoms with Crippen molar-refractivity contribution in [3.63, 3.8) is 0 Å². The molecular formula is C46H30N4O5S4. The third-order valence-electron chi connectivity index (χ3n) is 9.31. The van der Waals surface area contributed by atoms with Crippen molar-refractivity contribution in [1.82, 2.24) is 10.0 Å². The minimum Gasteiger partial charge on any atom is -0.486 e. The van der Waals surface area contributed by atoms with Gasteiger partial charge in [0.05, 0.1) is 46.7 Å². The fraction of sp³-hybridized carbons (Fsp3) is 0.0652. The summed E-state index contributed by atoms with van der Waals surface area (Å²) in [4.78, 5) is 45.1. The highest BCUT2D eigenvalue weighted by atomic mass is 32.2. The first-order valence-electron chi connectivity index (χ1n) is 18.0. The Morgan fingerprint density at radius 3 is 1.73 bits per heavy atom. The average Bonchev–Trinajstić information content (AvgIpc) is 3.96. The summed E-state index contributed by atoms with van der Waals surface area (Å²) in [6.07, 6.45) is 3.37. The highest BCUT2D eigenvalue weighted by Gasteiger charge is 2.47. The summed E-state index contributed by atoms with van der Waals surface area (Å²) in [5.74, 6) is -1.00. The van der Waals surface area contributed by atoms with Crippen molar-refractivity contribution in [3.05, 3.63) is 175 Å². The van der Waals surface area contributed by atoms with Crippen LogP contribution in [-0.4, -0.2) is 27.8 Å². The highest BCUT2D eigenvalue weighted by molar-refractivity contribution is 8.26. The number of nitriles is 2. The Balaban J connectivity index is 1.27. The maximum Gasteiger partial charge on any atom is 0.343 e. The molecule has 5 aromatic rings. The second-order valence-electron chi connectivity index (χ2n) is 13.1. The predicted molar refractivity (Wildman–Crippen MR) is 231 cm³/mol. The Kier molecular flexibility index (Phi) is 11.5. The molecule has 3 aliphatic heterocycles. The van der Waals surface area contributed by atoms with Gasteiger partial charge >= 0.3 is 5.97 Å². The van der Waals surface area contributed by atoms with Gasteiger partial charge in [0.2, 0.25) is 0 Å². The van der Waals surface area contributed by atoms with E-state index in [4.69, 9.17) is 9.47 Å². The van der Waals surface area contributed by atoms with Crippen LogP contribution in [0.3, 0.4) is 0 Å². The van der Waals surface area contributed by atoms with Crippen molar-refractivity contribution in [2.45, 2.75) is 39.3 Å². The lowest BCUT2D eigenvalue weighted by molar-refractivity contribution is -0.149. The number of esters is 1. The molecule has 9 nitrogen and oxygen atoms in total. The number of carbonyl (C=O) groups is 3. The molecule has 0 aromatic heterocycles. The Hall–Kier alpha value is -6.35. The van der Waals surface area contributed by atoms with Crippen LogP contribution in [0.25, 0.3) is 12.2 Å². The van der Waals surface area contributed by atoms with E-state index in [0.717, 1.165) is 51.3 Å². The lowest BCUT2D eigenvalue weighted by Gasteiger charge is -2.27. The first kappa shape index (κ1) is 39.5. The number of amides is 2. The SMILES string of the molecule is C=Cc1cccc(COc2c3c(c(OC(=O)c4cccc(C=C)c4)c4c2SC(=C2C(=O)N(Cc5ccccc5)N(Cc5ccccc5)C2=O)S4)SC(=C(C#N)C#N)S3)c1. The van der Waals surface area contributed by atoms with E-state index >= 15 is 0 Å². The molecule has 0 saturated carbocycles. The van der Waals surface area contributed by atoms with Crippen molar-refractivity contribution < 1.29 is 23.9 Å². The Morgan fingerprint density at radius 2 is 1.15 bits per heavy atom. The number of fused-ring (bicyclic) bond motifs is 2. The van der Waals surface area contributed by atoms with E-state index in [2.05, 4.69) is 13.2 Å². The smallest absolute Gasteiger partial charge is 0.343 e. The molecule has 0 N–H and O–H groups in total. The zero-order chi connectivity index (χ0) is 41.0. The maximum atomic E-state index is 14.6. The molecule has 0 atom stereocenters. The van der Waals surface area contributed by atoms with Gasteiger partial charge in [-0.15, -0.1) is 0 Å². The number of hydrogen-bond donors (Lipinski definition) is 0. The standard InChI is InChI=1S/C46H30N4O5S4/c1-3-28-17-11-19-32(21-28)27-54-36-38-40(57-45(56-38)34(23-47)24-48)37(55-44(53)33-20-12-18-29(4-2)22-33)41-39(36)58-46(59-41)35-42(51)49(25-30-13-7-5-8-14-30)50(43(35)52)26-31-15-9-6-10-16-31/h3-22H,1-2,25-27H2. The van der Waals surface area contributed by atoms with E-state index in [-0.39, 0.29) is 42.2 Å². The van der Waals surface area contributed by atoms with Gasteiger partial charge < -0.3 is 9.47 Å². The number of rotatable bonds is 11. The fourth-order valence-corrected chi connectivity index (χ4v) is 11.8. The molecule has 0 radical (unpaired) electrons. The van der Waals surface area contributed by atoms with E-state index in [1.807, 2.05) is 103 Å². The van der Waals surface area contributed by atoms with Gasteiger partial charge in [0.1, 0.15) is 35.6 Å². The largest absolute Gasteiger partial charge is 0.486 e. The summed E-state index contributed by atoms with van der Waals surface area (Å²) in [7, 11) is 0. The van der Waals surface area contributed by atoms with Gasteiger partial charge in [0, 0.05) is 0 Å². The topological polar surface area (TPSA) is 124 Å². The van der Waals surface area contributed by atoms with Crippen LogP contribution in [0.4, 0.5) is 0 Å². The minimum absolute atomic E-state index is 0.0130. The summed E-state index contributed by atoms with van der Waals surface area (Å²) in [5.41, 5.74) is 4.34. The number of thioether (sulfide) groups is 4. The van der Waals surface area contributed by atoms with E-state index < -0.39 is 17.8 Å². The Labute approximate surface area is 357 Å². The third kappa shape index (κ3) is 7.94. The van der Waals surface area contributed by atoms with Crippen LogP contribution in [-0.2, 0) is 29.3 Å². The molecular weight excluding hydrogens is 817 g/mol. The molecule has 3 aliphatic rings. The molecule has 288 valence electrons.